The summed E-state index contributed by atoms with van der Waals surface area (Å²) in [4.78, 5) is 46.1. The van der Waals surface area contributed by atoms with Crippen molar-refractivity contribution in [2.75, 3.05) is 31.8 Å². The van der Waals surface area contributed by atoms with E-state index in [0.717, 1.165) is 38.5 Å². The van der Waals surface area contributed by atoms with Gasteiger partial charge in [-0.05, 0) is 71.7 Å². The van der Waals surface area contributed by atoms with E-state index in [1.54, 1.807) is 19.1 Å². The molecule has 0 unspecified atom stereocenters. The molecule has 0 atom stereocenters. The molecule has 3 aromatic rings. The zero-order valence-corrected chi connectivity index (χ0v) is 27.0. The molecule has 0 spiro atoms. The summed E-state index contributed by atoms with van der Waals surface area (Å²) in [5.74, 6) is -0.861. The number of nitrogens with zero attached hydrogens (tertiary/aromatic N) is 4. The van der Waals surface area contributed by atoms with E-state index in [-0.39, 0.29) is 41.0 Å². The number of aromatic nitrogens is 3. The highest BCUT2D eigenvalue weighted by Gasteiger charge is 2.31. The van der Waals surface area contributed by atoms with Crippen LogP contribution in [0.5, 0.6) is 5.75 Å². The Kier molecular flexibility index (Phi) is 9.99. The molecular weight excluding hydrogens is 606 g/mol. The first-order valence-electron chi connectivity index (χ1n) is 15.0. The first-order valence-corrected chi connectivity index (χ1v) is 15.8. The van der Waals surface area contributed by atoms with Crippen LogP contribution in [-0.4, -0.2) is 97.4 Å². The van der Waals surface area contributed by atoms with E-state index in [9.17, 15) is 19.5 Å². The van der Waals surface area contributed by atoms with Crippen molar-refractivity contribution < 1.29 is 24.2 Å². The largest absolute Gasteiger partial charge is 0.494 e. The number of ether oxygens (including phenoxy) is 1. The predicted molar refractivity (Wildman–Crippen MR) is 177 cm³/mol. The highest BCUT2D eigenvalue weighted by atomic mass is 32.1. The zero-order chi connectivity index (χ0) is 33.2. The van der Waals surface area contributed by atoms with E-state index in [2.05, 4.69) is 45.1 Å². The van der Waals surface area contributed by atoms with E-state index in [0.29, 0.717) is 38.6 Å². The lowest BCUT2D eigenvalue weighted by molar-refractivity contribution is -0.117. The van der Waals surface area contributed by atoms with Crippen molar-refractivity contribution >= 4 is 61.9 Å². The number of methoxy groups -OCH3 is 1. The molecule has 2 aliphatic carbocycles. The number of benzene rings is 1. The van der Waals surface area contributed by atoms with Gasteiger partial charge in [0.05, 0.1) is 29.7 Å². The van der Waals surface area contributed by atoms with E-state index in [1.165, 1.54) is 24.5 Å². The summed E-state index contributed by atoms with van der Waals surface area (Å²) < 4.78 is 5.79. The van der Waals surface area contributed by atoms with Gasteiger partial charge in [-0.2, -0.15) is 0 Å². The summed E-state index contributed by atoms with van der Waals surface area (Å²) >= 11 is 1.26. The first kappa shape index (κ1) is 33.4. The number of amides is 3. The average Bonchev–Trinajstić information content (AvgIpc) is 3.78. The van der Waals surface area contributed by atoms with Crippen LogP contribution in [0.3, 0.4) is 0 Å². The third-order valence-corrected chi connectivity index (χ3v) is 9.20. The highest BCUT2D eigenvalue weighted by molar-refractivity contribution is 7.17. The van der Waals surface area contributed by atoms with Gasteiger partial charge in [0.25, 0.3) is 11.8 Å². The first-order chi connectivity index (χ1) is 21.8. The molecular formula is C30H36B2N8O5S. The molecule has 13 nitrogen and oxygen atoms in total. The second-order valence-electron chi connectivity index (χ2n) is 11.9. The number of anilines is 3. The van der Waals surface area contributed by atoms with Crippen molar-refractivity contribution in [3.63, 3.8) is 0 Å². The highest BCUT2D eigenvalue weighted by Crippen LogP contribution is 2.41. The SMILES string of the molecule is [B]C([B])(O)NC(=O)c1nnc(NC(=O)C2CC2)cc1Nc1cccc(-c2nc(C)c(C(=O)NC3CCC(N(C)C)CC3)s2)c1OC. The fourth-order valence-corrected chi connectivity index (χ4v) is 6.40. The normalized spacial score (nSPS) is 18.1. The number of hydrogen-bond donors (Lipinski definition) is 5. The van der Waals surface area contributed by atoms with E-state index in [4.69, 9.17) is 25.4 Å². The van der Waals surface area contributed by atoms with Crippen LogP contribution in [0.1, 0.15) is 64.4 Å². The van der Waals surface area contributed by atoms with E-state index >= 15 is 0 Å². The number of rotatable bonds is 11. The van der Waals surface area contributed by atoms with Gasteiger partial charge < -0.3 is 36.0 Å². The van der Waals surface area contributed by atoms with Crippen molar-refractivity contribution in [3.05, 3.63) is 40.5 Å². The molecule has 1 aromatic carbocycles. The van der Waals surface area contributed by atoms with Gasteiger partial charge in [-0.3, -0.25) is 14.4 Å². The Labute approximate surface area is 274 Å². The Morgan fingerprint density at radius 1 is 1.04 bits per heavy atom. The molecule has 0 aliphatic heterocycles. The monoisotopic (exact) mass is 642 g/mol. The maximum Gasteiger partial charge on any atom is 0.274 e. The Morgan fingerprint density at radius 3 is 2.39 bits per heavy atom. The van der Waals surface area contributed by atoms with Crippen LogP contribution in [0.25, 0.3) is 10.6 Å². The molecule has 2 fully saturated rings. The van der Waals surface area contributed by atoms with Crippen molar-refractivity contribution in [1.29, 1.82) is 0 Å². The van der Waals surface area contributed by atoms with Gasteiger partial charge in [0.1, 0.15) is 25.6 Å². The third kappa shape index (κ3) is 8.03. The standard InChI is InChI=1S/C30H36B2N8O5S/c1-15-25(28(43)34-17-10-12-18(13-11-17)40(2)3)46-29(33-15)19-6-5-7-20(24(19)45-4)35-21-14-22(36-26(41)16-8-9-16)38-39-23(21)27(42)37-30(31,32)44/h5-7,14,16-18,44H,8-13H2,1-4H3,(H,34,43)(H,37,42)(H2,35,36,38,41). The predicted octanol–water partition coefficient (Wildman–Crippen LogP) is 2.28. The van der Waals surface area contributed by atoms with Crippen LogP contribution in [0.15, 0.2) is 24.3 Å². The maximum absolute atomic E-state index is 13.3. The average molecular weight is 642 g/mol. The number of aliphatic hydroxyl groups is 1. The summed E-state index contributed by atoms with van der Waals surface area (Å²) in [5, 5.41) is 29.3. The lowest BCUT2D eigenvalue weighted by Gasteiger charge is -2.32. The van der Waals surface area contributed by atoms with Gasteiger partial charge in [-0.15, -0.1) is 21.5 Å². The molecule has 5 rings (SSSR count). The van der Waals surface area contributed by atoms with Crippen molar-refractivity contribution in [3.8, 4) is 16.3 Å². The van der Waals surface area contributed by atoms with E-state index in [1.807, 2.05) is 11.4 Å². The zero-order valence-electron chi connectivity index (χ0n) is 26.2. The molecule has 2 saturated carbocycles. The third-order valence-electron chi connectivity index (χ3n) is 8.01. The molecule has 2 aromatic heterocycles. The fraction of sp³-hybridized carbons (Fsp3) is 0.467. The molecule has 3 amide bonds. The lowest BCUT2D eigenvalue weighted by Crippen LogP contribution is -2.49. The smallest absolute Gasteiger partial charge is 0.274 e. The lowest BCUT2D eigenvalue weighted by atomic mass is 9.73. The molecule has 2 heterocycles. The van der Waals surface area contributed by atoms with Gasteiger partial charge in [0.15, 0.2) is 17.3 Å². The number of carbonyl (C=O) groups is 3. The van der Waals surface area contributed by atoms with Crippen molar-refractivity contribution in [2.45, 2.75) is 63.1 Å². The number of aryl methyl sites for hydroxylation is 1. The minimum atomic E-state index is -2.51. The Bertz CT molecular complexity index is 1620. The molecule has 4 radical (unpaired) electrons. The van der Waals surface area contributed by atoms with Crippen molar-refractivity contribution in [1.82, 2.24) is 30.7 Å². The van der Waals surface area contributed by atoms with Crippen molar-refractivity contribution in [2.24, 2.45) is 5.92 Å². The Morgan fingerprint density at radius 2 is 1.76 bits per heavy atom. The molecule has 16 heteroatoms. The number of carbonyl (C=O) groups excluding carboxylic acids is 3. The summed E-state index contributed by atoms with van der Waals surface area (Å²) in [5.41, 5.74) is -1.00. The molecule has 238 valence electrons. The minimum absolute atomic E-state index is 0.0886. The second kappa shape index (κ2) is 13.8. The van der Waals surface area contributed by atoms with Crippen LogP contribution in [0, 0.1) is 12.8 Å². The summed E-state index contributed by atoms with van der Waals surface area (Å²) in [6.45, 7) is 1.80. The van der Waals surface area contributed by atoms with Gasteiger partial charge in [-0.1, -0.05) is 6.07 Å². The van der Waals surface area contributed by atoms with Gasteiger partial charge in [0, 0.05) is 29.6 Å². The molecule has 2 aliphatic rings. The molecule has 46 heavy (non-hydrogen) atoms. The number of hydrogen-bond acceptors (Lipinski definition) is 11. The molecule has 5 N–H and O–H groups in total. The minimum Gasteiger partial charge on any atom is -0.494 e. The quantitative estimate of drug-likeness (QED) is 0.155. The van der Waals surface area contributed by atoms with Gasteiger partial charge in [-0.25, -0.2) is 4.98 Å². The van der Waals surface area contributed by atoms with Crippen LogP contribution in [0.4, 0.5) is 17.2 Å². The summed E-state index contributed by atoms with van der Waals surface area (Å²) in [6.07, 6.45) is 5.49. The summed E-state index contributed by atoms with van der Waals surface area (Å²) in [6, 6.07) is 7.38. The van der Waals surface area contributed by atoms with Crippen LogP contribution < -0.4 is 26.0 Å². The van der Waals surface area contributed by atoms with Crippen LogP contribution in [-0.2, 0) is 4.79 Å². The van der Waals surface area contributed by atoms with E-state index < -0.39 is 11.4 Å². The fourth-order valence-electron chi connectivity index (χ4n) is 5.41. The molecule has 0 bridgehead atoms. The topological polar surface area (TPSA) is 171 Å². The molecule has 0 saturated heterocycles. The van der Waals surface area contributed by atoms with Gasteiger partial charge >= 0.3 is 0 Å². The number of thiazole rings is 1. The number of nitrogens with one attached hydrogen (secondary N) is 4. The van der Waals surface area contributed by atoms with Crippen LogP contribution in [0.2, 0.25) is 0 Å². The summed E-state index contributed by atoms with van der Waals surface area (Å²) in [7, 11) is 16.4. The maximum atomic E-state index is 13.3. The van der Waals surface area contributed by atoms with Gasteiger partial charge in [0.2, 0.25) is 5.91 Å². The second-order valence-corrected chi connectivity index (χ2v) is 12.9. The Hall–Kier alpha value is -4.01. The van der Waals surface area contributed by atoms with Crippen LogP contribution >= 0.6 is 11.3 Å². The Balaban J connectivity index is 1.40. The number of para-hydroxylation sites is 1.